The summed E-state index contributed by atoms with van der Waals surface area (Å²) in [5, 5.41) is 10.3. The Labute approximate surface area is 88.1 Å². The molecule has 6 heteroatoms. The number of nitrogens with one attached hydrogen (secondary N) is 1. The second-order valence-corrected chi connectivity index (χ2v) is 4.33. The molecule has 0 radical (unpaired) electrons. The summed E-state index contributed by atoms with van der Waals surface area (Å²) in [5.74, 6) is 0. The van der Waals surface area contributed by atoms with Gasteiger partial charge in [-0.1, -0.05) is 10.3 Å². The highest BCUT2D eigenvalue weighted by Crippen LogP contribution is 2.24. The van der Waals surface area contributed by atoms with Gasteiger partial charge in [0.25, 0.3) is 0 Å². The molecule has 78 valence electrons. The molecule has 0 amide bonds. The van der Waals surface area contributed by atoms with Gasteiger partial charge in [-0.25, -0.2) is 4.68 Å². The van der Waals surface area contributed by atoms with E-state index in [9.17, 15) is 0 Å². The van der Waals surface area contributed by atoms with Crippen LogP contribution in [0.2, 0.25) is 0 Å². The van der Waals surface area contributed by atoms with Gasteiger partial charge in [-0.3, -0.25) is 0 Å². The molecule has 0 bridgehead atoms. The lowest BCUT2D eigenvalue weighted by Gasteiger charge is -2.34. The summed E-state index contributed by atoms with van der Waals surface area (Å²) >= 11 is 5.08. The fourth-order valence-corrected chi connectivity index (χ4v) is 2.17. The number of tetrazole rings is 1. The highest BCUT2D eigenvalue weighted by atomic mass is 32.1. The molecular weight excluding hydrogens is 198 g/mol. The van der Waals surface area contributed by atoms with Gasteiger partial charge in [-0.2, -0.15) is 5.21 Å². The van der Waals surface area contributed by atoms with Crippen LogP contribution in [0.5, 0.6) is 0 Å². The molecule has 1 aromatic rings. The van der Waals surface area contributed by atoms with Crippen LogP contribution in [0.25, 0.3) is 0 Å². The Morgan fingerprint density at radius 3 is 2.93 bits per heavy atom. The van der Waals surface area contributed by atoms with Crippen molar-refractivity contribution in [2.75, 3.05) is 13.6 Å². The Kier molecular flexibility index (Phi) is 2.64. The zero-order valence-corrected chi connectivity index (χ0v) is 9.29. The van der Waals surface area contributed by atoms with Gasteiger partial charge in [0.05, 0.1) is 6.04 Å². The Morgan fingerprint density at radius 1 is 1.57 bits per heavy atom. The average molecular weight is 213 g/mol. The van der Waals surface area contributed by atoms with E-state index < -0.39 is 0 Å². The van der Waals surface area contributed by atoms with E-state index in [4.69, 9.17) is 12.2 Å². The molecule has 0 aromatic carbocycles. The fraction of sp³-hybridized carbons (Fsp3) is 0.875. The van der Waals surface area contributed by atoms with Gasteiger partial charge in [-0.15, -0.1) is 0 Å². The minimum absolute atomic E-state index is 0.434. The normalized spacial score (nSPS) is 29.3. The summed E-state index contributed by atoms with van der Waals surface area (Å²) in [6.45, 7) is 3.34. The summed E-state index contributed by atoms with van der Waals surface area (Å²) in [4.78, 5) is 2.36. The number of hydrogen-bond donors (Lipinski definition) is 1. The monoisotopic (exact) mass is 213 g/mol. The number of H-pyrrole nitrogens is 1. The Morgan fingerprint density at radius 2 is 2.36 bits per heavy atom. The van der Waals surface area contributed by atoms with Crippen LogP contribution >= 0.6 is 12.2 Å². The van der Waals surface area contributed by atoms with E-state index in [1.54, 1.807) is 0 Å². The molecule has 0 aliphatic carbocycles. The molecule has 5 nitrogen and oxygen atoms in total. The first-order valence-electron chi connectivity index (χ1n) is 4.88. The third kappa shape index (κ3) is 1.72. The van der Waals surface area contributed by atoms with E-state index in [0.29, 0.717) is 16.9 Å². The number of aromatic nitrogens is 4. The van der Waals surface area contributed by atoms with Gasteiger partial charge < -0.3 is 4.90 Å². The van der Waals surface area contributed by atoms with E-state index in [0.717, 1.165) is 19.4 Å². The average Bonchev–Trinajstić information content (AvgIpc) is 2.57. The van der Waals surface area contributed by atoms with E-state index in [-0.39, 0.29) is 0 Å². The third-order valence-electron chi connectivity index (χ3n) is 3.04. The van der Waals surface area contributed by atoms with Crippen LogP contribution < -0.4 is 0 Å². The highest BCUT2D eigenvalue weighted by Gasteiger charge is 2.24. The summed E-state index contributed by atoms with van der Waals surface area (Å²) in [6.07, 6.45) is 2.22. The molecule has 1 fully saturated rings. The molecule has 2 atom stereocenters. The highest BCUT2D eigenvalue weighted by molar-refractivity contribution is 7.71. The van der Waals surface area contributed by atoms with Crippen molar-refractivity contribution >= 4 is 12.2 Å². The van der Waals surface area contributed by atoms with Crippen molar-refractivity contribution in [1.82, 2.24) is 25.1 Å². The van der Waals surface area contributed by atoms with Crippen LogP contribution in [0.15, 0.2) is 0 Å². The van der Waals surface area contributed by atoms with Crippen LogP contribution in [0.4, 0.5) is 0 Å². The van der Waals surface area contributed by atoms with Gasteiger partial charge in [0.1, 0.15) is 0 Å². The van der Waals surface area contributed by atoms with Crippen molar-refractivity contribution in [3.8, 4) is 0 Å². The molecule has 1 aliphatic rings. The SMILES string of the molecule is CC1CC(n2[nH]nnc2=S)CCN1C. The number of nitrogens with zero attached hydrogens (tertiary/aromatic N) is 4. The quantitative estimate of drug-likeness (QED) is 0.707. The largest absolute Gasteiger partial charge is 0.304 e. The molecule has 1 aliphatic heterocycles. The first-order valence-corrected chi connectivity index (χ1v) is 5.29. The molecule has 2 rings (SSSR count). The molecule has 0 spiro atoms. The summed E-state index contributed by atoms with van der Waals surface area (Å²) < 4.78 is 2.46. The molecule has 1 saturated heterocycles. The van der Waals surface area contributed by atoms with Crippen LogP contribution in [-0.2, 0) is 0 Å². The van der Waals surface area contributed by atoms with Crippen molar-refractivity contribution < 1.29 is 0 Å². The maximum atomic E-state index is 5.08. The molecule has 1 aromatic heterocycles. The zero-order valence-electron chi connectivity index (χ0n) is 8.47. The lowest BCUT2D eigenvalue weighted by atomic mass is 9.99. The second kappa shape index (κ2) is 3.78. The predicted octanol–water partition coefficient (Wildman–Crippen LogP) is 0.991. The number of hydrogen-bond acceptors (Lipinski definition) is 4. The number of piperidine rings is 1. The lowest BCUT2D eigenvalue weighted by molar-refractivity contribution is 0.149. The van der Waals surface area contributed by atoms with Gasteiger partial charge in [0, 0.05) is 12.6 Å². The molecule has 1 N–H and O–H groups in total. The number of rotatable bonds is 1. The first-order chi connectivity index (χ1) is 6.68. The van der Waals surface area contributed by atoms with Crippen LogP contribution in [0, 0.1) is 4.77 Å². The van der Waals surface area contributed by atoms with Crippen molar-refractivity contribution in [2.45, 2.75) is 31.8 Å². The molecule has 0 saturated carbocycles. The van der Waals surface area contributed by atoms with Gasteiger partial charge in [0.2, 0.25) is 4.77 Å². The van der Waals surface area contributed by atoms with Crippen molar-refractivity contribution in [1.29, 1.82) is 0 Å². The van der Waals surface area contributed by atoms with E-state index in [1.165, 1.54) is 0 Å². The van der Waals surface area contributed by atoms with Crippen LogP contribution in [-0.4, -0.2) is 44.7 Å². The van der Waals surface area contributed by atoms with Gasteiger partial charge in [0.15, 0.2) is 0 Å². The third-order valence-corrected chi connectivity index (χ3v) is 3.32. The zero-order chi connectivity index (χ0) is 10.1. The number of aromatic amines is 1. The van der Waals surface area contributed by atoms with Crippen molar-refractivity contribution in [3.63, 3.8) is 0 Å². The van der Waals surface area contributed by atoms with E-state index in [1.807, 2.05) is 4.68 Å². The molecule has 2 unspecified atom stereocenters. The maximum Gasteiger partial charge on any atom is 0.238 e. The molecule has 2 heterocycles. The Balaban J connectivity index is 2.14. The van der Waals surface area contributed by atoms with Crippen molar-refractivity contribution in [2.24, 2.45) is 0 Å². The fourth-order valence-electron chi connectivity index (χ4n) is 1.94. The molecule has 14 heavy (non-hydrogen) atoms. The lowest BCUT2D eigenvalue weighted by Crippen LogP contribution is -2.38. The summed E-state index contributed by atoms with van der Waals surface area (Å²) in [5.41, 5.74) is 0. The standard InChI is InChI=1S/C8H15N5S/c1-6-5-7(3-4-12(6)2)13-8(14)9-10-11-13/h6-7H,3-5H2,1-2H3,(H,9,11,14). The minimum atomic E-state index is 0.434. The summed E-state index contributed by atoms with van der Waals surface area (Å²) in [7, 11) is 2.16. The van der Waals surface area contributed by atoms with E-state index in [2.05, 4.69) is 34.4 Å². The van der Waals surface area contributed by atoms with Gasteiger partial charge in [-0.05, 0) is 39.0 Å². The first kappa shape index (κ1) is 9.79. The Hall–Kier alpha value is -0.750. The smallest absolute Gasteiger partial charge is 0.238 e. The van der Waals surface area contributed by atoms with Crippen LogP contribution in [0.3, 0.4) is 0 Å². The second-order valence-electron chi connectivity index (χ2n) is 3.96. The number of likely N-dealkylation sites (tertiary alicyclic amines) is 1. The topological polar surface area (TPSA) is 49.7 Å². The minimum Gasteiger partial charge on any atom is -0.304 e. The van der Waals surface area contributed by atoms with Gasteiger partial charge >= 0.3 is 0 Å². The Bertz CT molecular complexity index is 357. The predicted molar refractivity (Wildman–Crippen MR) is 55.6 cm³/mol. The summed E-state index contributed by atoms with van der Waals surface area (Å²) in [6, 6.07) is 1.03. The van der Waals surface area contributed by atoms with E-state index >= 15 is 0 Å². The maximum absolute atomic E-state index is 5.08. The van der Waals surface area contributed by atoms with Crippen molar-refractivity contribution in [3.05, 3.63) is 4.77 Å². The molecular formula is C8H15N5S. The van der Waals surface area contributed by atoms with Crippen LogP contribution in [0.1, 0.15) is 25.8 Å².